The second-order valence-electron chi connectivity index (χ2n) is 6.43. The van der Waals surface area contributed by atoms with Crippen molar-refractivity contribution >= 4 is 21.6 Å². The summed E-state index contributed by atoms with van der Waals surface area (Å²) in [5.41, 5.74) is 0.626. The van der Waals surface area contributed by atoms with Crippen LogP contribution in [0.25, 0.3) is 0 Å². The second kappa shape index (κ2) is 7.45. The molecule has 0 bridgehead atoms. The van der Waals surface area contributed by atoms with E-state index in [4.69, 9.17) is 0 Å². The van der Waals surface area contributed by atoms with Crippen LogP contribution in [0.3, 0.4) is 0 Å². The largest absolute Gasteiger partial charge is 0.326 e. The molecule has 23 heavy (non-hydrogen) atoms. The number of benzene rings is 1. The highest BCUT2D eigenvalue weighted by Gasteiger charge is 2.28. The molecule has 2 atom stereocenters. The molecule has 1 amide bonds. The Balaban J connectivity index is 2.10. The zero-order chi connectivity index (χ0) is 17.0. The Labute approximate surface area is 139 Å². The van der Waals surface area contributed by atoms with E-state index in [9.17, 15) is 13.2 Å². The Hall–Kier alpha value is -1.40. The zero-order valence-corrected chi connectivity index (χ0v) is 14.9. The van der Waals surface area contributed by atoms with Gasteiger partial charge in [-0.25, -0.2) is 8.42 Å². The summed E-state index contributed by atoms with van der Waals surface area (Å²) in [6.45, 7) is 7.06. The summed E-state index contributed by atoms with van der Waals surface area (Å²) in [5.74, 6) is 0.286. The predicted molar refractivity (Wildman–Crippen MR) is 91.7 cm³/mol. The number of nitrogens with zero attached hydrogens (tertiary/aromatic N) is 1. The molecule has 1 N–H and O–H groups in total. The first-order chi connectivity index (χ1) is 10.8. The summed E-state index contributed by atoms with van der Waals surface area (Å²) >= 11 is 0. The van der Waals surface area contributed by atoms with Gasteiger partial charge in [-0.2, -0.15) is 4.31 Å². The highest BCUT2D eigenvalue weighted by atomic mass is 32.2. The molecule has 0 spiro atoms. The van der Waals surface area contributed by atoms with Crippen LogP contribution in [-0.4, -0.2) is 31.7 Å². The van der Waals surface area contributed by atoms with Gasteiger partial charge in [0.25, 0.3) is 0 Å². The number of hydrogen-bond donors (Lipinski definition) is 1. The van der Waals surface area contributed by atoms with E-state index in [1.165, 1.54) is 0 Å². The van der Waals surface area contributed by atoms with Crippen molar-refractivity contribution in [3.05, 3.63) is 24.3 Å². The SMILES string of the molecule is CCC(C)C(=O)Nc1ccc(S(=O)(=O)N2CCCC(C)C2)cc1. The zero-order valence-electron chi connectivity index (χ0n) is 14.1. The maximum Gasteiger partial charge on any atom is 0.243 e. The summed E-state index contributed by atoms with van der Waals surface area (Å²) in [6.07, 6.45) is 2.75. The summed E-state index contributed by atoms with van der Waals surface area (Å²) < 4.78 is 26.9. The molecule has 1 aliphatic heterocycles. The molecule has 1 fully saturated rings. The van der Waals surface area contributed by atoms with Crippen LogP contribution in [0, 0.1) is 11.8 Å². The van der Waals surface area contributed by atoms with Gasteiger partial charge in [-0.1, -0.05) is 20.8 Å². The molecule has 0 saturated carbocycles. The molecule has 5 nitrogen and oxygen atoms in total. The fourth-order valence-electron chi connectivity index (χ4n) is 2.67. The third-order valence-corrected chi connectivity index (χ3v) is 6.32. The average Bonchev–Trinajstić information content (AvgIpc) is 2.54. The minimum atomic E-state index is -3.44. The molecule has 1 aliphatic rings. The number of sulfonamides is 1. The Morgan fingerprint density at radius 3 is 2.57 bits per heavy atom. The summed E-state index contributed by atoms with van der Waals surface area (Å²) in [6, 6.07) is 6.45. The van der Waals surface area contributed by atoms with Gasteiger partial charge in [0.05, 0.1) is 4.90 Å². The molecule has 1 aromatic carbocycles. The quantitative estimate of drug-likeness (QED) is 0.897. The number of hydrogen-bond acceptors (Lipinski definition) is 3. The Bertz CT molecular complexity index is 640. The highest BCUT2D eigenvalue weighted by Crippen LogP contribution is 2.24. The summed E-state index contributed by atoms with van der Waals surface area (Å²) in [4.78, 5) is 12.2. The molecule has 0 radical (unpaired) electrons. The number of piperidine rings is 1. The fraction of sp³-hybridized carbons (Fsp3) is 0.588. The van der Waals surface area contributed by atoms with Crippen molar-refractivity contribution in [2.75, 3.05) is 18.4 Å². The van der Waals surface area contributed by atoms with Crippen LogP contribution in [0.15, 0.2) is 29.2 Å². The monoisotopic (exact) mass is 338 g/mol. The van der Waals surface area contributed by atoms with Crippen molar-refractivity contribution in [1.82, 2.24) is 4.31 Å². The van der Waals surface area contributed by atoms with Gasteiger partial charge >= 0.3 is 0 Å². The lowest BCUT2D eigenvalue weighted by atomic mass is 10.0. The van der Waals surface area contributed by atoms with Crippen LogP contribution in [0.2, 0.25) is 0 Å². The van der Waals surface area contributed by atoms with Gasteiger partial charge in [-0.15, -0.1) is 0 Å². The number of amides is 1. The van der Waals surface area contributed by atoms with E-state index < -0.39 is 10.0 Å². The first-order valence-corrected chi connectivity index (χ1v) is 9.69. The number of anilines is 1. The van der Waals surface area contributed by atoms with Crippen LogP contribution in [0.1, 0.15) is 40.0 Å². The Kier molecular flexibility index (Phi) is 5.81. The third kappa shape index (κ3) is 4.32. The third-order valence-electron chi connectivity index (χ3n) is 4.44. The molecular weight excluding hydrogens is 312 g/mol. The van der Waals surface area contributed by atoms with Gasteiger partial charge in [-0.3, -0.25) is 4.79 Å². The van der Waals surface area contributed by atoms with Crippen LogP contribution in [-0.2, 0) is 14.8 Å². The predicted octanol–water partition coefficient (Wildman–Crippen LogP) is 3.09. The van der Waals surface area contributed by atoms with Crippen molar-refractivity contribution in [2.24, 2.45) is 11.8 Å². The smallest absolute Gasteiger partial charge is 0.243 e. The van der Waals surface area contributed by atoms with E-state index in [0.29, 0.717) is 24.7 Å². The minimum Gasteiger partial charge on any atom is -0.326 e. The van der Waals surface area contributed by atoms with E-state index in [1.807, 2.05) is 13.8 Å². The van der Waals surface area contributed by atoms with Gasteiger partial charge in [0.1, 0.15) is 0 Å². The topological polar surface area (TPSA) is 66.5 Å². The average molecular weight is 338 g/mol. The maximum absolute atomic E-state index is 12.7. The molecular formula is C17H26N2O3S. The van der Waals surface area contributed by atoms with Crippen molar-refractivity contribution in [3.63, 3.8) is 0 Å². The number of carbonyl (C=O) groups is 1. The lowest BCUT2D eigenvalue weighted by Gasteiger charge is -2.30. The standard InChI is InChI=1S/C17H26N2O3S/c1-4-14(3)17(20)18-15-7-9-16(10-8-15)23(21,22)19-11-5-6-13(2)12-19/h7-10,13-14H,4-6,11-12H2,1-3H3,(H,18,20). The molecule has 128 valence electrons. The molecule has 0 aliphatic carbocycles. The van der Waals surface area contributed by atoms with Crippen molar-refractivity contribution in [2.45, 2.75) is 44.9 Å². The summed E-state index contributed by atoms with van der Waals surface area (Å²) in [5, 5.41) is 2.81. The van der Waals surface area contributed by atoms with E-state index in [0.717, 1.165) is 19.3 Å². The highest BCUT2D eigenvalue weighted by molar-refractivity contribution is 7.89. The summed E-state index contributed by atoms with van der Waals surface area (Å²) in [7, 11) is -3.44. The first kappa shape index (κ1) is 17.9. The van der Waals surface area contributed by atoms with Gasteiger partial charge in [0.2, 0.25) is 15.9 Å². The molecule has 1 aromatic rings. The van der Waals surface area contributed by atoms with Gasteiger partial charge in [0, 0.05) is 24.7 Å². The van der Waals surface area contributed by atoms with Crippen molar-refractivity contribution in [3.8, 4) is 0 Å². The number of carbonyl (C=O) groups excluding carboxylic acids is 1. The Morgan fingerprint density at radius 1 is 1.35 bits per heavy atom. The minimum absolute atomic E-state index is 0.0482. The molecule has 2 unspecified atom stereocenters. The second-order valence-corrected chi connectivity index (χ2v) is 8.37. The lowest BCUT2D eigenvalue weighted by Crippen LogP contribution is -2.39. The van der Waals surface area contributed by atoms with Crippen molar-refractivity contribution in [1.29, 1.82) is 0 Å². The van der Waals surface area contributed by atoms with Crippen LogP contribution < -0.4 is 5.32 Å². The van der Waals surface area contributed by atoms with Crippen LogP contribution in [0.4, 0.5) is 5.69 Å². The lowest BCUT2D eigenvalue weighted by molar-refractivity contribution is -0.119. The Morgan fingerprint density at radius 2 is 2.00 bits per heavy atom. The first-order valence-electron chi connectivity index (χ1n) is 8.25. The van der Waals surface area contributed by atoms with Gasteiger partial charge in [-0.05, 0) is 49.4 Å². The normalized spacial score (nSPS) is 20.9. The molecule has 6 heteroatoms. The van der Waals surface area contributed by atoms with Crippen LogP contribution >= 0.6 is 0 Å². The van der Waals surface area contributed by atoms with Gasteiger partial charge in [0.15, 0.2) is 0 Å². The van der Waals surface area contributed by atoms with E-state index in [-0.39, 0.29) is 16.7 Å². The van der Waals surface area contributed by atoms with E-state index >= 15 is 0 Å². The number of nitrogens with one attached hydrogen (secondary N) is 1. The fourth-order valence-corrected chi connectivity index (χ4v) is 4.27. The number of rotatable bonds is 5. The van der Waals surface area contributed by atoms with Crippen LogP contribution in [0.5, 0.6) is 0 Å². The molecule has 1 heterocycles. The molecule has 1 saturated heterocycles. The van der Waals surface area contributed by atoms with E-state index in [1.54, 1.807) is 28.6 Å². The maximum atomic E-state index is 12.7. The molecule has 0 aromatic heterocycles. The van der Waals surface area contributed by atoms with Gasteiger partial charge < -0.3 is 5.32 Å². The van der Waals surface area contributed by atoms with Crippen molar-refractivity contribution < 1.29 is 13.2 Å². The molecule has 2 rings (SSSR count). The van der Waals surface area contributed by atoms with E-state index in [2.05, 4.69) is 12.2 Å².